The van der Waals surface area contributed by atoms with Crippen molar-refractivity contribution in [2.45, 2.75) is 6.54 Å². The Bertz CT molecular complexity index is 709. The molecule has 0 aliphatic carbocycles. The van der Waals surface area contributed by atoms with Gasteiger partial charge in [0.05, 0.1) is 12.8 Å². The van der Waals surface area contributed by atoms with E-state index in [0.717, 1.165) is 11.3 Å². The quantitative estimate of drug-likeness (QED) is 0.900. The van der Waals surface area contributed by atoms with Crippen molar-refractivity contribution in [1.82, 2.24) is 0 Å². The molecule has 1 aromatic carbocycles. The summed E-state index contributed by atoms with van der Waals surface area (Å²) >= 11 is 1.18. The maximum absolute atomic E-state index is 9.11. The fourth-order valence-corrected chi connectivity index (χ4v) is 2.65. The van der Waals surface area contributed by atoms with Gasteiger partial charge in [0.15, 0.2) is 0 Å². The van der Waals surface area contributed by atoms with Gasteiger partial charge in [-0.2, -0.15) is 10.5 Å². The second kappa shape index (κ2) is 5.96. The molecule has 0 fully saturated rings. The van der Waals surface area contributed by atoms with Gasteiger partial charge in [-0.15, -0.1) is 11.3 Å². The number of methoxy groups -OCH3 is 1. The molecule has 0 saturated carbocycles. The van der Waals surface area contributed by atoms with Gasteiger partial charge in [-0.1, -0.05) is 18.2 Å². The summed E-state index contributed by atoms with van der Waals surface area (Å²) in [5.41, 5.74) is 7.27. The molecule has 6 heteroatoms. The second-order valence-corrected chi connectivity index (χ2v) is 4.96. The van der Waals surface area contributed by atoms with Crippen molar-refractivity contribution >= 4 is 22.0 Å². The van der Waals surface area contributed by atoms with Gasteiger partial charge in [-0.25, -0.2) is 0 Å². The summed E-state index contributed by atoms with van der Waals surface area (Å²) in [7, 11) is 1.61. The molecule has 0 amide bonds. The van der Waals surface area contributed by atoms with Gasteiger partial charge in [-0.3, -0.25) is 0 Å². The van der Waals surface area contributed by atoms with E-state index in [4.69, 9.17) is 21.0 Å². The van der Waals surface area contributed by atoms with Crippen molar-refractivity contribution in [3.8, 4) is 17.9 Å². The molecule has 1 heterocycles. The number of anilines is 2. The summed E-state index contributed by atoms with van der Waals surface area (Å²) in [6.45, 7) is 0.490. The molecule has 0 bridgehead atoms. The number of para-hydroxylation sites is 1. The van der Waals surface area contributed by atoms with E-state index < -0.39 is 0 Å². The molecule has 1 aromatic heterocycles. The Kier molecular flexibility index (Phi) is 4.09. The van der Waals surface area contributed by atoms with E-state index in [0.29, 0.717) is 22.0 Å². The van der Waals surface area contributed by atoms with Crippen LogP contribution in [0.1, 0.15) is 16.0 Å². The standard InChI is InChI=1S/C14H12N4OS/c1-19-11-5-3-2-4-9(11)8-18-14-10(6-15)13(17)12(7-16)20-14/h2-5,18H,8,17H2,1H3. The summed E-state index contributed by atoms with van der Waals surface area (Å²) in [5, 5.41) is 21.8. The molecule has 100 valence electrons. The zero-order valence-electron chi connectivity index (χ0n) is 10.8. The number of nitrogens with two attached hydrogens (primary N) is 1. The molecule has 5 nitrogen and oxygen atoms in total. The summed E-state index contributed by atoms with van der Waals surface area (Å²) in [6.07, 6.45) is 0. The molecule has 0 aliphatic heterocycles. The number of rotatable bonds is 4. The van der Waals surface area contributed by atoms with E-state index in [1.165, 1.54) is 11.3 Å². The van der Waals surface area contributed by atoms with Gasteiger partial charge in [0.25, 0.3) is 0 Å². The van der Waals surface area contributed by atoms with Crippen LogP contribution in [0.25, 0.3) is 0 Å². The van der Waals surface area contributed by atoms with E-state index in [9.17, 15) is 0 Å². The smallest absolute Gasteiger partial charge is 0.131 e. The Morgan fingerprint density at radius 3 is 2.70 bits per heavy atom. The third-order valence-corrected chi connectivity index (χ3v) is 3.86. The minimum Gasteiger partial charge on any atom is -0.496 e. The zero-order valence-corrected chi connectivity index (χ0v) is 11.6. The lowest BCUT2D eigenvalue weighted by Crippen LogP contribution is -2.01. The van der Waals surface area contributed by atoms with Crippen LogP contribution in [0.15, 0.2) is 24.3 Å². The van der Waals surface area contributed by atoms with Crippen LogP contribution in [0.3, 0.4) is 0 Å². The van der Waals surface area contributed by atoms with Crippen molar-refractivity contribution < 1.29 is 4.74 Å². The van der Waals surface area contributed by atoms with Crippen molar-refractivity contribution in [2.24, 2.45) is 0 Å². The SMILES string of the molecule is COc1ccccc1CNc1sc(C#N)c(N)c1C#N. The monoisotopic (exact) mass is 284 g/mol. The summed E-state index contributed by atoms with van der Waals surface area (Å²) in [6, 6.07) is 11.6. The molecular formula is C14H12N4OS. The van der Waals surface area contributed by atoms with Crippen LogP contribution in [0.5, 0.6) is 5.75 Å². The van der Waals surface area contributed by atoms with Gasteiger partial charge >= 0.3 is 0 Å². The molecule has 0 spiro atoms. The largest absolute Gasteiger partial charge is 0.496 e. The number of nitrogen functional groups attached to an aromatic ring is 1. The van der Waals surface area contributed by atoms with E-state index in [-0.39, 0.29) is 5.69 Å². The highest BCUT2D eigenvalue weighted by Crippen LogP contribution is 2.35. The molecule has 0 unspecified atom stereocenters. The number of hydrogen-bond acceptors (Lipinski definition) is 6. The zero-order chi connectivity index (χ0) is 14.5. The molecule has 0 aliphatic rings. The Morgan fingerprint density at radius 2 is 2.05 bits per heavy atom. The fourth-order valence-electron chi connectivity index (χ4n) is 1.79. The van der Waals surface area contributed by atoms with E-state index in [2.05, 4.69) is 5.32 Å². The average molecular weight is 284 g/mol. The van der Waals surface area contributed by atoms with Crippen LogP contribution >= 0.6 is 11.3 Å². The highest BCUT2D eigenvalue weighted by Gasteiger charge is 2.15. The van der Waals surface area contributed by atoms with Gasteiger partial charge in [0.1, 0.15) is 33.3 Å². The number of ether oxygens (including phenoxy) is 1. The molecule has 0 saturated heterocycles. The first-order chi connectivity index (χ1) is 9.71. The number of benzene rings is 1. The van der Waals surface area contributed by atoms with Gasteiger partial charge in [0.2, 0.25) is 0 Å². The molecule has 0 radical (unpaired) electrons. The first kappa shape index (κ1) is 13.7. The minimum absolute atomic E-state index is 0.238. The lowest BCUT2D eigenvalue weighted by molar-refractivity contribution is 0.410. The second-order valence-electron chi connectivity index (χ2n) is 3.94. The van der Waals surface area contributed by atoms with Crippen LogP contribution in [0, 0.1) is 22.7 Å². The molecule has 3 N–H and O–H groups in total. The first-order valence-corrected chi connectivity index (χ1v) is 6.61. The first-order valence-electron chi connectivity index (χ1n) is 5.79. The van der Waals surface area contributed by atoms with Gasteiger partial charge in [0, 0.05) is 12.1 Å². The molecule has 2 rings (SSSR count). The van der Waals surface area contributed by atoms with Crippen LogP contribution in [0.4, 0.5) is 10.7 Å². The van der Waals surface area contributed by atoms with E-state index >= 15 is 0 Å². The Balaban J connectivity index is 2.24. The maximum Gasteiger partial charge on any atom is 0.131 e. The lowest BCUT2D eigenvalue weighted by Gasteiger charge is -2.09. The van der Waals surface area contributed by atoms with E-state index in [1.54, 1.807) is 7.11 Å². The van der Waals surface area contributed by atoms with Crippen molar-refractivity contribution in [2.75, 3.05) is 18.2 Å². The Hall–Kier alpha value is -2.70. The number of thiophene rings is 1. The van der Waals surface area contributed by atoms with Crippen LogP contribution in [-0.4, -0.2) is 7.11 Å². The predicted molar refractivity (Wildman–Crippen MR) is 78.5 cm³/mol. The Labute approximate surface area is 120 Å². The molecular weight excluding hydrogens is 272 g/mol. The number of nitriles is 2. The fraction of sp³-hybridized carbons (Fsp3) is 0.143. The lowest BCUT2D eigenvalue weighted by atomic mass is 10.2. The maximum atomic E-state index is 9.11. The topological polar surface area (TPSA) is 94.9 Å². The summed E-state index contributed by atoms with van der Waals surface area (Å²) in [4.78, 5) is 0.351. The number of nitrogens with one attached hydrogen (secondary N) is 1. The van der Waals surface area contributed by atoms with E-state index in [1.807, 2.05) is 36.4 Å². The minimum atomic E-state index is 0.238. The predicted octanol–water partition coefficient (Wildman–Crippen LogP) is 2.69. The third kappa shape index (κ3) is 2.51. The molecule has 0 atom stereocenters. The van der Waals surface area contributed by atoms with Crippen molar-refractivity contribution in [3.05, 3.63) is 40.3 Å². The van der Waals surface area contributed by atoms with Gasteiger partial charge < -0.3 is 15.8 Å². The summed E-state index contributed by atoms with van der Waals surface area (Å²) in [5.74, 6) is 0.767. The van der Waals surface area contributed by atoms with Crippen molar-refractivity contribution in [1.29, 1.82) is 10.5 Å². The number of nitrogens with zero attached hydrogens (tertiary/aromatic N) is 2. The van der Waals surface area contributed by atoms with Crippen molar-refractivity contribution in [3.63, 3.8) is 0 Å². The van der Waals surface area contributed by atoms with Crippen LogP contribution in [-0.2, 0) is 6.54 Å². The molecule has 2 aromatic rings. The van der Waals surface area contributed by atoms with Gasteiger partial charge in [-0.05, 0) is 6.07 Å². The summed E-state index contributed by atoms with van der Waals surface area (Å²) < 4.78 is 5.26. The average Bonchev–Trinajstić information content (AvgIpc) is 2.80. The molecule has 20 heavy (non-hydrogen) atoms. The highest BCUT2D eigenvalue weighted by molar-refractivity contribution is 7.17. The normalized spacial score (nSPS) is 9.55. The number of hydrogen-bond donors (Lipinski definition) is 2. The Morgan fingerprint density at radius 1 is 1.30 bits per heavy atom. The highest BCUT2D eigenvalue weighted by atomic mass is 32.1. The van der Waals surface area contributed by atoms with Crippen LogP contribution in [0.2, 0.25) is 0 Å². The van der Waals surface area contributed by atoms with Crippen LogP contribution < -0.4 is 15.8 Å². The third-order valence-electron chi connectivity index (χ3n) is 2.79.